The lowest BCUT2D eigenvalue weighted by Gasteiger charge is -1.85. The molecule has 0 bridgehead atoms. The summed E-state index contributed by atoms with van der Waals surface area (Å²) in [6.07, 6.45) is 0.498. The third kappa shape index (κ3) is 1.71. The molecule has 1 saturated heterocycles. The highest BCUT2D eigenvalue weighted by Gasteiger charge is 2.32. The Morgan fingerprint density at radius 2 is 2.33 bits per heavy atom. The Bertz CT molecular complexity index is 154. The molecule has 0 aromatic heterocycles. The Morgan fingerprint density at radius 3 is 2.67 bits per heavy atom. The van der Waals surface area contributed by atoms with Crippen molar-refractivity contribution in [1.82, 2.24) is 5.32 Å². The number of hydrogen-bond acceptors (Lipinski definition) is 2. The molecule has 1 fully saturated rings. The first kappa shape index (κ1) is 6.07. The largest absolute Gasteiger partial charge is 0.481 e. The number of nitrogens with one attached hydrogen (secondary N) is 1. The summed E-state index contributed by atoms with van der Waals surface area (Å²) < 4.78 is 0. The number of carbonyl (C=O) groups is 2. The molecule has 1 amide bonds. The maximum atomic E-state index is 10.2. The Labute approximate surface area is 51.9 Å². The van der Waals surface area contributed by atoms with Gasteiger partial charge in [-0.25, -0.2) is 0 Å². The van der Waals surface area contributed by atoms with E-state index >= 15 is 0 Å². The molecule has 4 nitrogen and oxygen atoms in total. The van der Waals surface area contributed by atoms with Gasteiger partial charge in [0.25, 0.3) is 0 Å². The summed E-state index contributed by atoms with van der Waals surface area (Å²) in [5, 5.41) is 10.6. The zero-order chi connectivity index (χ0) is 6.85. The molecular weight excluding hydrogens is 122 g/mol. The second-order valence-corrected chi connectivity index (χ2v) is 1.99. The topological polar surface area (TPSA) is 76.3 Å². The number of carboxylic acid groups (broad SMARTS) is 1. The molecule has 4 heteroatoms. The quantitative estimate of drug-likeness (QED) is 0.497. The predicted octanol–water partition coefficient (Wildman–Crippen LogP) is -0.650. The van der Waals surface area contributed by atoms with Gasteiger partial charge in [-0.3, -0.25) is 9.59 Å². The van der Waals surface area contributed by atoms with E-state index in [1.54, 1.807) is 0 Å². The summed E-state index contributed by atoms with van der Waals surface area (Å²) in [5.41, 5.74) is 0. The van der Waals surface area contributed by atoms with Crippen LogP contribution < -0.4 is 5.32 Å². The molecule has 0 aliphatic carbocycles. The van der Waals surface area contributed by atoms with E-state index in [1.165, 1.54) is 0 Å². The minimum absolute atomic E-state index is 0.0312. The molecule has 9 heavy (non-hydrogen) atoms. The molecule has 0 aromatic rings. The number of aliphatic carboxylic acids is 1. The van der Waals surface area contributed by atoms with Crippen LogP contribution in [0.1, 0.15) is 12.8 Å². The zero-order valence-corrected chi connectivity index (χ0v) is 4.76. The van der Waals surface area contributed by atoms with Gasteiger partial charge >= 0.3 is 5.97 Å². The normalized spacial score (nSPS) is 23.1. The zero-order valence-electron chi connectivity index (χ0n) is 4.76. The van der Waals surface area contributed by atoms with Crippen molar-refractivity contribution in [2.24, 2.45) is 0 Å². The predicted molar refractivity (Wildman–Crippen MR) is 28.8 cm³/mol. The molecule has 1 unspecified atom stereocenters. The highest BCUT2D eigenvalue weighted by atomic mass is 16.4. The number of rotatable bonds is 3. The van der Waals surface area contributed by atoms with Crippen molar-refractivity contribution < 1.29 is 14.7 Å². The van der Waals surface area contributed by atoms with Crippen LogP contribution in [0.2, 0.25) is 0 Å². The van der Waals surface area contributed by atoms with Crippen molar-refractivity contribution in [3.05, 3.63) is 0 Å². The van der Waals surface area contributed by atoms with Crippen LogP contribution in [0, 0.1) is 0 Å². The van der Waals surface area contributed by atoms with E-state index in [0.717, 1.165) is 0 Å². The van der Waals surface area contributed by atoms with Crippen molar-refractivity contribution in [2.45, 2.75) is 18.9 Å². The third-order valence-electron chi connectivity index (χ3n) is 1.20. The van der Waals surface area contributed by atoms with Crippen LogP contribution in [-0.4, -0.2) is 23.0 Å². The van der Waals surface area contributed by atoms with E-state index in [0.29, 0.717) is 6.42 Å². The first-order valence-electron chi connectivity index (χ1n) is 2.72. The van der Waals surface area contributed by atoms with E-state index in [9.17, 15) is 9.59 Å². The molecule has 0 spiro atoms. The molecule has 0 saturated carbocycles. The molecular formula is C5H7NO3. The molecule has 0 radical (unpaired) electrons. The van der Waals surface area contributed by atoms with E-state index in [-0.39, 0.29) is 18.4 Å². The number of hydrogen-bond donors (Lipinski definition) is 2. The van der Waals surface area contributed by atoms with Gasteiger partial charge < -0.3 is 10.4 Å². The van der Waals surface area contributed by atoms with Crippen molar-refractivity contribution in [1.29, 1.82) is 0 Å². The lowest BCUT2D eigenvalue weighted by molar-refractivity contribution is -0.137. The molecule has 1 rings (SSSR count). The molecule has 1 heterocycles. The van der Waals surface area contributed by atoms with Crippen LogP contribution >= 0.6 is 0 Å². The third-order valence-corrected chi connectivity index (χ3v) is 1.20. The first-order valence-corrected chi connectivity index (χ1v) is 2.72. The van der Waals surface area contributed by atoms with Crippen LogP contribution in [0.15, 0.2) is 0 Å². The maximum Gasteiger partial charge on any atom is 0.303 e. The van der Waals surface area contributed by atoms with Gasteiger partial charge in [0, 0.05) is 6.42 Å². The summed E-state index contributed by atoms with van der Waals surface area (Å²) >= 11 is 0. The van der Waals surface area contributed by atoms with Gasteiger partial charge in [0.05, 0.1) is 0 Å². The number of carbonyl (C=O) groups excluding carboxylic acids is 1. The van der Waals surface area contributed by atoms with Crippen LogP contribution in [0.3, 0.4) is 0 Å². The maximum absolute atomic E-state index is 10.2. The summed E-state index contributed by atoms with van der Waals surface area (Å²) in [6, 6.07) is -0.166. The summed E-state index contributed by atoms with van der Waals surface area (Å²) in [4.78, 5) is 20.1. The van der Waals surface area contributed by atoms with Crippen molar-refractivity contribution in [2.75, 3.05) is 0 Å². The standard InChI is InChI=1S/C5H7NO3/c7-4(8)2-1-3-5(9)6-3/h3H,1-2H2,(H,6,9)(H,7,8). The lowest BCUT2D eigenvalue weighted by Crippen LogP contribution is -1.99. The van der Waals surface area contributed by atoms with Gasteiger partial charge in [0.1, 0.15) is 6.04 Å². The highest BCUT2D eigenvalue weighted by molar-refractivity contribution is 5.96. The Balaban J connectivity index is 2.07. The monoisotopic (exact) mass is 129 g/mol. The number of amides is 1. The molecule has 1 atom stereocenters. The Kier molecular flexibility index (Phi) is 1.38. The second-order valence-electron chi connectivity index (χ2n) is 1.99. The average Bonchev–Trinajstić information content (AvgIpc) is 2.42. The lowest BCUT2D eigenvalue weighted by atomic mass is 10.2. The van der Waals surface area contributed by atoms with Crippen LogP contribution in [0.4, 0.5) is 0 Å². The minimum atomic E-state index is -0.850. The van der Waals surface area contributed by atoms with Crippen LogP contribution in [0.25, 0.3) is 0 Å². The van der Waals surface area contributed by atoms with E-state index in [1.807, 2.05) is 0 Å². The second kappa shape index (κ2) is 2.05. The summed E-state index contributed by atoms with van der Waals surface area (Å²) in [6.45, 7) is 0. The first-order chi connectivity index (χ1) is 4.20. The molecule has 2 N–H and O–H groups in total. The van der Waals surface area contributed by atoms with Gasteiger partial charge in [-0.2, -0.15) is 0 Å². The summed E-state index contributed by atoms with van der Waals surface area (Å²) in [7, 11) is 0. The van der Waals surface area contributed by atoms with E-state index in [4.69, 9.17) is 5.11 Å². The van der Waals surface area contributed by atoms with Crippen LogP contribution in [-0.2, 0) is 9.59 Å². The van der Waals surface area contributed by atoms with E-state index in [2.05, 4.69) is 5.32 Å². The van der Waals surface area contributed by atoms with Gasteiger partial charge in [0.15, 0.2) is 0 Å². The smallest absolute Gasteiger partial charge is 0.303 e. The fraction of sp³-hybridized carbons (Fsp3) is 0.600. The van der Waals surface area contributed by atoms with Gasteiger partial charge in [-0.05, 0) is 6.42 Å². The van der Waals surface area contributed by atoms with Crippen molar-refractivity contribution >= 4 is 11.9 Å². The van der Waals surface area contributed by atoms with Gasteiger partial charge in [-0.15, -0.1) is 0 Å². The van der Waals surface area contributed by atoms with Gasteiger partial charge in [-0.1, -0.05) is 0 Å². The SMILES string of the molecule is O=C(O)CCC1NC1=O. The molecule has 1 aliphatic rings. The van der Waals surface area contributed by atoms with Crippen molar-refractivity contribution in [3.63, 3.8) is 0 Å². The Hall–Kier alpha value is -1.06. The van der Waals surface area contributed by atoms with Gasteiger partial charge in [0.2, 0.25) is 5.91 Å². The minimum Gasteiger partial charge on any atom is -0.481 e. The fourth-order valence-corrected chi connectivity index (χ4v) is 0.601. The molecule has 50 valence electrons. The summed E-state index contributed by atoms with van der Waals surface area (Å²) in [5.74, 6) is -0.882. The molecule has 0 aromatic carbocycles. The molecule has 1 aliphatic heterocycles. The fourth-order valence-electron chi connectivity index (χ4n) is 0.601. The number of carboxylic acids is 1. The van der Waals surface area contributed by atoms with Crippen LogP contribution in [0.5, 0.6) is 0 Å². The highest BCUT2D eigenvalue weighted by Crippen LogP contribution is 2.07. The van der Waals surface area contributed by atoms with E-state index < -0.39 is 5.97 Å². The van der Waals surface area contributed by atoms with Crippen molar-refractivity contribution in [3.8, 4) is 0 Å². The average molecular weight is 129 g/mol. The Morgan fingerprint density at radius 1 is 1.78 bits per heavy atom.